The largest absolute Gasteiger partial charge is 0.450 e. The molecule has 7 heteroatoms. The van der Waals surface area contributed by atoms with Gasteiger partial charge in [0, 0.05) is 24.5 Å². The maximum atomic E-state index is 6.14. The first-order valence-corrected chi connectivity index (χ1v) is 8.09. The molecule has 0 atom stereocenters. The highest BCUT2D eigenvalue weighted by Crippen LogP contribution is 2.35. The number of para-hydroxylation sites is 1. The van der Waals surface area contributed by atoms with Crippen molar-refractivity contribution in [3.63, 3.8) is 0 Å². The van der Waals surface area contributed by atoms with E-state index in [0.717, 1.165) is 48.6 Å². The zero-order valence-corrected chi connectivity index (χ0v) is 13.1. The highest BCUT2D eigenvalue weighted by Gasteiger charge is 2.33. The lowest BCUT2D eigenvalue weighted by atomic mass is 10.1. The van der Waals surface area contributed by atoms with Crippen molar-refractivity contribution in [3.8, 4) is 0 Å². The minimum atomic E-state index is 0.253. The fourth-order valence-corrected chi connectivity index (χ4v) is 3.35. The molecule has 0 amide bonds. The number of fused-ring (bicyclic) bond motifs is 3. The Balaban J connectivity index is 1.49. The van der Waals surface area contributed by atoms with Crippen molar-refractivity contribution < 1.29 is 9.15 Å². The summed E-state index contributed by atoms with van der Waals surface area (Å²) in [7, 11) is 0. The van der Waals surface area contributed by atoms with Crippen LogP contribution in [0, 0.1) is 0 Å². The molecule has 1 N–H and O–H groups in total. The molecular formula is C16H15ClN4O2. The van der Waals surface area contributed by atoms with Crippen LogP contribution in [0.4, 0.5) is 5.82 Å². The zero-order chi connectivity index (χ0) is 15.4. The van der Waals surface area contributed by atoms with Crippen LogP contribution in [0.25, 0.3) is 22.1 Å². The topological polar surface area (TPSA) is 63.4 Å². The second-order valence-corrected chi connectivity index (χ2v) is 6.43. The van der Waals surface area contributed by atoms with Crippen LogP contribution in [0.3, 0.4) is 0 Å². The van der Waals surface area contributed by atoms with Gasteiger partial charge in [-0.2, -0.15) is 4.98 Å². The van der Waals surface area contributed by atoms with Crippen LogP contribution in [0.5, 0.6) is 0 Å². The molecule has 5 rings (SSSR count). The summed E-state index contributed by atoms with van der Waals surface area (Å²) in [6.45, 7) is 3.39. The normalized spacial score (nSPS) is 19.3. The predicted molar refractivity (Wildman–Crippen MR) is 88.1 cm³/mol. The van der Waals surface area contributed by atoms with Gasteiger partial charge >= 0.3 is 0 Å². The maximum absolute atomic E-state index is 6.14. The zero-order valence-electron chi connectivity index (χ0n) is 12.3. The summed E-state index contributed by atoms with van der Waals surface area (Å²) in [4.78, 5) is 10.9. The number of furan rings is 1. The summed E-state index contributed by atoms with van der Waals surface area (Å²) in [5, 5.41) is 4.79. The highest BCUT2D eigenvalue weighted by atomic mass is 35.5. The molecule has 2 aliphatic rings. The van der Waals surface area contributed by atoms with E-state index in [2.05, 4.69) is 20.2 Å². The number of nitrogens with one attached hydrogen (secondary N) is 1. The highest BCUT2D eigenvalue weighted by molar-refractivity contribution is 6.29. The standard InChI is InChI=1S/C16H15ClN4O2/c17-16-19-13-11-3-1-2-4-12(11)23-14(13)15(20-16)21-5-9(6-21)18-10-7-22-8-10/h1-4,9-10,18H,5-8H2. The first-order chi connectivity index (χ1) is 11.3. The molecule has 0 radical (unpaired) electrons. The first kappa shape index (κ1) is 13.5. The molecule has 0 spiro atoms. The second kappa shape index (κ2) is 5.06. The number of halogens is 1. The van der Waals surface area contributed by atoms with Crippen LogP contribution < -0.4 is 10.2 Å². The van der Waals surface area contributed by atoms with Crippen molar-refractivity contribution in [1.29, 1.82) is 0 Å². The Morgan fingerprint density at radius 3 is 2.74 bits per heavy atom. The molecule has 23 heavy (non-hydrogen) atoms. The molecule has 0 bridgehead atoms. The van der Waals surface area contributed by atoms with Gasteiger partial charge < -0.3 is 19.4 Å². The molecule has 0 saturated carbocycles. The summed E-state index contributed by atoms with van der Waals surface area (Å²) in [6, 6.07) is 8.79. The second-order valence-electron chi connectivity index (χ2n) is 6.10. The molecular weight excluding hydrogens is 316 g/mol. The van der Waals surface area contributed by atoms with Gasteiger partial charge in [-0.15, -0.1) is 0 Å². The third kappa shape index (κ3) is 2.17. The predicted octanol–water partition coefficient (Wildman–Crippen LogP) is 2.21. The molecule has 2 saturated heterocycles. The molecule has 2 fully saturated rings. The van der Waals surface area contributed by atoms with Gasteiger partial charge in [-0.05, 0) is 23.7 Å². The smallest absolute Gasteiger partial charge is 0.225 e. The van der Waals surface area contributed by atoms with Crippen molar-refractivity contribution in [3.05, 3.63) is 29.5 Å². The number of hydrogen-bond acceptors (Lipinski definition) is 6. The van der Waals surface area contributed by atoms with E-state index in [0.29, 0.717) is 17.7 Å². The van der Waals surface area contributed by atoms with E-state index in [-0.39, 0.29) is 5.28 Å². The summed E-state index contributed by atoms with van der Waals surface area (Å²) < 4.78 is 11.2. The number of aromatic nitrogens is 2. The minimum absolute atomic E-state index is 0.253. The summed E-state index contributed by atoms with van der Waals surface area (Å²) in [6.07, 6.45) is 0. The molecule has 2 aromatic heterocycles. The van der Waals surface area contributed by atoms with Crippen LogP contribution >= 0.6 is 11.6 Å². The van der Waals surface area contributed by atoms with Gasteiger partial charge in [-0.25, -0.2) is 4.98 Å². The van der Waals surface area contributed by atoms with E-state index in [1.54, 1.807) is 0 Å². The molecule has 0 unspecified atom stereocenters. The third-order valence-corrected chi connectivity index (χ3v) is 4.63. The Hall–Kier alpha value is -1.89. The first-order valence-electron chi connectivity index (χ1n) is 7.71. The van der Waals surface area contributed by atoms with Crippen molar-refractivity contribution in [2.75, 3.05) is 31.2 Å². The van der Waals surface area contributed by atoms with Gasteiger partial charge in [0.1, 0.15) is 11.1 Å². The lowest BCUT2D eigenvalue weighted by Crippen LogP contribution is -2.63. The Labute approximate surface area is 137 Å². The molecule has 3 aromatic rings. The molecule has 4 heterocycles. The summed E-state index contributed by atoms with van der Waals surface area (Å²) in [5.41, 5.74) is 2.29. The SMILES string of the molecule is Clc1nc(N2CC(NC3COC3)C2)c2oc3ccccc3c2n1. The van der Waals surface area contributed by atoms with Crippen LogP contribution in [0.2, 0.25) is 5.28 Å². The van der Waals surface area contributed by atoms with Crippen molar-refractivity contribution >= 4 is 39.5 Å². The average molecular weight is 331 g/mol. The van der Waals surface area contributed by atoms with Gasteiger partial charge in [0.05, 0.1) is 19.3 Å². The van der Waals surface area contributed by atoms with E-state index in [1.807, 2.05) is 24.3 Å². The van der Waals surface area contributed by atoms with Gasteiger partial charge in [0.15, 0.2) is 11.4 Å². The van der Waals surface area contributed by atoms with Crippen LogP contribution in [0.15, 0.2) is 28.7 Å². The van der Waals surface area contributed by atoms with E-state index < -0.39 is 0 Å². The monoisotopic (exact) mass is 330 g/mol. The van der Waals surface area contributed by atoms with Gasteiger partial charge in [-0.3, -0.25) is 0 Å². The van der Waals surface area contributed by atoms with Crippen molar-refractivity contribution in [2.24, 2.45) is 0 Å². The Bertz CT molecular complexity index is 886. The van der Waals surface area contributed by atoms with E-state index in [1.165, 1.54) is 0 Å². The van der Waals surface area contributed by atoms with Gasteiger partial charge in [0.2, 0.25) is 5.28 Å². The molecule has 1 aromatic carbocycles. The summed E-state index contributed by atoms with van der Waals surface area (Å²) in [5.74, 6) is 0.777. The molecule has 6 nitrogen and oxygen atoms in total. The van der Waals surface area contributed by atoms with E-state index >= 15 is 0 Å². The quantitative estimate of drug-likeness (QED) is 0.743. The number of anilines is 1. The lowest BCUT2D eigenvalue weighted by Gasteiger charge is -2.43. The number of nitrogens with zero attached hydrogens (tertiary/aromatic N) is 3. The molecule has 118 valence electrons. The Kier molecular flexibility index (Phi) is 2.98. The Morgan fingerprint density at radius 2 is 1.96 bits per heavy atom. The fourth-order valence-electron chi connectivity index (χ4n) is 3.19. The van der Waals surface area contributed by atoms with Crippen LogP contribution in [-0.2, 0) is 4.74 Å². The van der Waals surface area contributed by atoms with Crippen molar-refractivity contribution in [1.82, 2.24) is 15.3 Å². The maximum Gasteiger partial charge on any atom is 0.225 e. The third-order valence-electron chi connectivity index (χ3n) is 4.47. The minimum Gasteiger partial charge on any atom is -0.450 e. The Morgan fingerprint density at radius 1 is 1.13 bits per heavy atom. The fraction of sp³-hybridized carbons (Fsp3) is 0.375. The number of benzene rings is 1. The summed E-state index contributed by atoms with van der Waals surface area (Å²) >= 11 is 6.14. The number of rotatable bonds is 3. The lowest BCUT2D eigenvalue weighted by molar-refractivity contribution is -0.0114. The van der Waals surface area contributed by atoms with Gasteiger partial charge in [-0.1, -0.05) is 12.1 Å². The average Bonchev–Trinajstić information content (AvgIpc) is 2.82. The molecule has 0 aliphatic carbocycles. The van der Waals surface area contributed by atoms with E-state index in [9.17, 15) is 0 Å². The van der Waals surface area contributed by atoms with E-state index in [4.69, 9.17) is 20.8 Å². The molecule has 2 aliphatic heterocycles. The number of hydrogen-bond donors (Lipinski definition) is 1. The van der Waals surface area contributed by atoms with Crippen LogP contribution in [0.1, 0.15) is 0 Å². The van der Waals surface area contributed by atoms with Gasteiger partial charge in [0.25, 0.3) is 0 Å². The van der Waals surface area contributed by atoms with Crippen molar-refractivity contribution in [2.45, 2.75) is 12.1 Å². The van der Waals surface area contributed by atoms with Crippen LogP contribution in [-0.4, -0.2) is 48.4 Å². The number of ether oxygens (including phenoxy) is 1.